The molecule has 7 nitrogen and oxygen atoms in total. The molecule has 0 radical (unpaired) electrons. The van der Waals surface area contributed by atoms with E-state index < -0.39 is 11.9 Å². The molecule has 10 heteroatoms. The lowest BCUT2D eigenvalue weighted by molar-refractivity contribution is -0.118. The molecule has 2 aromatic rings. The molecule has 1 aliphatic heterocycles. The van der Waals surface area contributed by atoms with Crippen molar-refractivity contribution in [1.29, 1.82) is 0 Å². The molecular weight excluding hydrogens is 447 g/mol. The number of anilines is 1. The number of aromatic nitrogens is 1. The molecule has 2 heterocycles. The number of carbonyl (C=O) groups excluding carboxylic acids is 2. The minimum Gasteiger partial charge on any atom is -0.379 e. The largest absolute Gasteiger partial charge is 0.379 e. The van der Waals surface area contributed by atoms with E-state index in [-0.39, 0.29) is 22.4 Å². The van der Waals surface area contributed by atoms with E-state index in [4.69, 9.17) is 27.9 Å². The summed E-state index contributed by atoms with van der Waals surface area (Å²) in [5.41, 5.74) is 1.16. The molecule has 0 saturated carbocycles. The number of hydrogen-bond donors (Lipinski definition) is 2. The van der Waals surface area contributed by atoms with Gasteiger partial charge in [-0.2, -0.15) is 0 Å². The smallest absolute Gasteiger partial charge is 0.253 e. The number of benzene rings is 1. The Morgan fingerprint density at radius 2 is 2.00 bits per heavy atom. The second-order valence-electron chi connectivity index (χ2n) is 7.34. The van der Waals surface area contributed by atoms with Crippen molar-refractivity contribution in [3.05, 3.63) is 44.9 Å². The van der Waals surface area contributed by atoms with Crippen LogP contribution in [-0.4, -0.2) is 54.0 Å². The van der Waals surface area contributed by atoms with Crippen LogP contribution in [0.15, 0.2) is 23.6 Å². The second-order valence-corrected chi connectivity index (χ2v) is 9.04. The minimum atomic E-state index is -0.740. The molecule has 162 valence electrons. The fourth-order valence-electron chi connectivity index (χ4n) is 3.04. The van der Waals surface area contributed by atoms with E-state index in [2.05, 4.69) is 20.5 Å². The number of nitrogens with zero attached hydrogens (tertiary/aromatic N) is 2. The number of rotatable bonds is 7. The second kappa shape index (κ2) is 10.5. The van der Waals surface area contributed by atoms with Crippen LogP contribution in [-0.2, 0) is 16.1 Å². The Bertz CT molecular complexity index is 900. The molecule has 1 aromatic heterocycles. The molecular formula is C20H24Cl2N4O3S. The van der Waals surface area contributed by atoms with Crippen molar-refractivity contribution in [1.82, 2.24) is 15.2 Å². The van der Waals surface area contributed by atoms with Gasteiger partial charge in [0.2, 0.25) is 5.91 Å². The topological polar surface area (TPSA) is 83.6 Å². The maximum atomic E-state index is 12.8. The van der Waals surface area contributed by atoms with Crippen LogP contribution in [0.25, 0.3) is 0 Å². The SMILES string of the molecule is CC(C)C(NC(=O)c1ccc(Cl)cc1Cl)C(=O)Nc1nc(CN2CCOCC2)cs1. The van der Waals surface area contributed by atoms with Gasteiger partial charge in [0.1, 0.15) is 6.04 Å². The molecule has 30 heavy (non-hydrogen) atoms. The lowest BCUT2D eigenvalue weighted by Crippen LogP contribution is -2.47. The first-order valence-corrected chi connectivity index (χ1v) is 11.3. The molecule has 0 spiro atoms. The van der Waals surface area contributed by atoms with E-state index >= 15 is 0 Å². The highest BCUT2D eigenvalue weighted by molar-refractivity contribution is 7.13. The van der Waals surface area contributed by atoms with E-state index in [0.29, 0.717) is 10.2 Å². The van der Waals surface area contributed by atoms with Crippen LogP contribution in [0.5, 0.6) is 0 Å². The summed E-state index contributed by atoms with van der Waals surface area (Å²) in [5.74, 6) is -0.888. The maximum absolute atomic E-state index is 12.8. The predicted molar refractivity (Wildman–Crippen MR) is 119 cm³/mol. The molecule has 1 saturated heterocycles. The van der Waals surface area contributed by atoms with Gasteiger partial charge in [-0.25, -0.2) is 4.98 Å². The minimum absolute atomic E-state index is 0.132. The number of carbonyl (C=O) groups is 2. The van der Waals surface area contributed by atoms with Gasteiger partial charge in [-0.3, -0.25) is 14.5 Å². The first kappa shape index (κ1) is 23.0. The Hall–Kier alpha value is -1.71. The van der Waals surface area contributed by atoms with Gasteiger partial charge in [0.25, 0.3) is 5.91 Å². The number of ether oxygens (including phenoxy) is 1. The van der Waals surface area contributed by atoms with Gasteiger partial charge >= 0.3 is 0 Å². The van der Waals surface area contributed by atoms with Gasteiger partial charge in [0.15, 0.2) is 5.13 Å². The van der Waals surface area contributed by atoms with Crippen LogP contribution in [0.2, 0.25) is 10.0 Å². The summed E-state index contributed by atoms with van der Waals surface area (Å²) in [4.78, 5) is 32.2. The van der Waals surface area contributed by atoms with Gasteiger partial charge in [-0.1, -0.05) is 37.0 Å². The average Bonchev–Trinajstić information content (AvgIpc) is 3.13. The van der Waals surface area contributed by atoms with Crippen molar-refractivity contribution in [2.75, 3.05) is 31.6 Å². The molecule has 2 N–H and O–H groups in total. The Labute approximate surface area is 189 Å². The summed E-state index contributed by atoms with van der Waals surface area (Å²) in [6.07, 6.45) is 0. The standard InChI is InChI=1S/C20H24Cl2N4O3S/c1-12(2)17(24-18(27)15-4-3-13(21)9-16(15)22)19(28)25-20-23-14(11-30-20)10-26-5-7-29-8-6-26/h3-4,9,11-12,17H,5-8,10H2,1-2H3,(H,24,27)(H,23,25,28). The lowest BCUT2D eigenvalue weighted by atomic mass is 10.0. The molecule has 3 rings (SSSR count). The Morgan fingerprint density at radius 1 is 1.27 bits per heavy atom. The molecule has 0 bridgehead atoms. The predicted octanol–water partition coefficient (Wildman–Crippen LogP) is 3.68. The van der Waals surface area contributed by atoms with Gasteiger partial charge in [0, 0.05) is 30.0 Å². The monoisotopic (exact) mass is 470 g/mol. The summed E-state index contributed by atoms with van der Waals surface area (Å²) >= 11 is 13.4. The summed E-state index contributed by atoms with van der Waals surface area (Å²) < 4.78 is 5.35. The highest BCUT2D eigenvalue weighted by Gasteiger charge is 2.26. The molecule has 1 fully saturated rings. The fraction of sp³-hybridized carbons (Fsp3) is 0.450. The van der Waals surface area contributed by atoms with Gasteiger partial charge in [-0.15, -0.1) is 11.3 Å². The first-order chi connectivity index (χ1) is 14.3. The number of nitrogens with one attached hydrogen (secondary N) is 2. The van der Waals surface area contributed by atoms with Gasteiger partial charge < -0.3 is 15.4 Å². The highest BCUT2D eigenvalue weighted by atomic mass is 35.5. The van der Waals surface area contributed by atoms with Crippen LogP contribution in [0.3, 0.4) is 0 Å². The van der Waals surface area contributed by atoms with Crippen LogP contribution < -0.4 is 10.6 Å². The third-order valence-corrected chi connectivity index (χ3v) is 6.04. The summed E-state index contributed by atoms with van der Waals surface area (Å²) in [6, 6.07) is 3.87. The van der Waals surface area contributed by atoms with Crippen molar-refractivity contribution < 1.29 is 14.3 Å². The number of morpholine rings is 1. The molecule has 0 aliphatic carbocycles. The van der Waals surface area contributed by atoms with Crippen molar-refractivity contribution in [2.24, 2.45) is 5.92 Å². The highest BCUT2D eigenvalue weighted by Crippen LogP contribution is 2.22. The van der Waals surface area contributed by atoms with Gasteiger partial charge in [0.05, 0.1) is 29.5 Å². The van der Waals surface area contributed by atoms with Gasteiger partial charge in [-0.05, 0) is 24.1 Å². The van der Waals surface area contributed by atoms with Crippen molar-refractivity contribution in [3.63, 3.8) is 0 Å². The van der Waals surface area contributed by atoms with Crippen LogP contribution in [0.4, 0.5) is 5.13 Å². The zero-order chi connectivity index (χ0) is 21.7. The van der Waals surface area contributed by atoms with E-state index in [1.54, 1.807) is 6.07 Å². The van der Waals surface area contributed by atoms with E-state index in [0.717, 1.165) is 38.5 Å². The van der Waals surface area contributed by atoms with Crippen LogP contribution in [0.1, 0.15) is 29.9 Å². The quantitative estimate of drug-likeness (QED) is 0.644. The third kappa shape index (κ3) is 6.15. The number of hydrogen-bond acceptors (Lipinski definition) is 6. The van der Waals surface area contributed by atoms with Crippen molar-refractivity contribution in [2.45, 2.75) is 26.4 Å². The number of halogens is 2. The Kier molecular flexibility index (Phi) is 8.07. The van der Waals surface area contributed by atoms with E-state index in [9.17, 15) is 9.59 Å². The molecule has 1 aromatic carbocycles. The summed E-state index contributed by atoms with van der Waals surface area (Å²) in [6.45, 7) is 7.62. The van der Waals surface area contributed by atoms with E-state index in [1.807, 2.05) is 19.2 Å². The Balaban J connectivity index is 1.62. The fourth-order valence-corrected chi connectivity index (χ4v) is 4.23. The van der Waals surface area contributed by atoms with Crippen LogP contribution in [0, 0.1) is 5.92 Å². The lowest BCUT2D eigenvalue weighted by Gasteiger charge is -2.25. The average molecular weight is 471 g/mol. The van der Waals surface area contributed by atoms with Crippen molar-refractivity contribution >= 4 is 51.5 Å². The number of thiazole rings is 1. The van der Waals surface area contributed by atoms with Crippen LogP contribution >= 0.6 is 34.5 Å². The zero-order valence-electron chi connectivity index (χ0n) is 16.8. The number of amides is 2. The Morgan fingerprint density at radius 3 is 2.67 bits per heavy atom. The maximum Gasteiger partial charge on any atom is 0.253 e. The normalized spacial score (nSPS) is 15.8. The molecule has 1 aliphatic rings. The molecule has 2 amide bonds. The summed E-state index contributed by atoms with van der Waals surface area (Å²) in [5, 5.41) is 8.69. The zero-order valence-corrected chi connectivity index (χ0v) is 19.1. The molecule has 1 atom stereocenters. The first-order valence-electron chi connectivity index (χ1n) is 9.64. The van der Waals surface area contributed by atoms with Crippen molar-refractivity contribution in [3.8, 4) is 0 Å². The molecule has 1 unspecified atom stereocenters. The third-order valence-electron chi connectivity index (χ3n) is 4.68. The summed E-state index contributed by atoms with van der Waals surface area (Å²) in [7, 11) is 0. The van der Waals surface area contributed by atoms with E-state index in [1.165, 1.54) is 23.5 Å².